The van der Waals surface area contributed by atoms with E-state index in [0.717, 1.165) is 6.07 Å². The van der Waals surface area contributed by atoms with Crippen LogP contribution in [0.2, 0.25) is 0 Å². The van der Waals surface area contributed by atoms with Crippen molar-refractivity contribution < 1.29 is 18.0 Å². The highest BCUT2D eigenvalue weighted by atomic mass is 19.4. The van der Waals surface area contributed by atoms with Crippen LogP contribution in [0.15, 0.2) is 37.2 Å². The topological polar surface area (TPSA) is 51.0 Å². The lowest BCUT2D eigenvalue weighted by Gasteiger charge is -2.28. The van der Waals surface area contributed by atoms with Crippen LogP contribution in [0.1, 0.15) is 16.1 Å². The van der Waals surface area contributed by atoms with Crippen molar-refractivity contribution in [3.05, 3.63) is 48.4 Å². The number of rotatable bonds is 1. The van der Waals surface area contributed by atoms with E-state index in [1.54, 1.807) is 0 Å². The molecule has 8 heteroatoms. The van der Waals surface area contributed by atoms with Crippen molar-refractivity contribution in [3.8, 4) is 0 Å². The summed E-state index contributed by atoms with van der Waals surface area (Å²) in [5.74, 6) is -0.242. The second-order valence-electron chi connectivity index (χ2n) is 4.49. The van der Waals surface area contributed by atoms with E-state index >= 15 is 0 Å². The molecule has 0 bridgehead atoms. The number of hydrogen-bond acceptors (Lipinski definition) is 3. The van der Waals surface area contributed by atoms with Gasteiger partial charge in [0.2, 0.25) is 0 Å². The molecule has 3 heterocycles. The van der Waals surface area contributed by atoms with E-state index in [0.29, 0.717) is 17.6 Å². The summed E-state index contributed by atoms with van der Waals surface area (Å²) < 4.78 is 38.9. The van der Waals surface area contributed by atoms with Gasteiger partial charge >= 0.3 is 6.18 Å². The van der Waals surface area contributed by atoms with Gasteiger partial charge in [-0.15, -0.1) is 0 Å². The van der Waals surface area contributed by atoms with Gasteiger partial charge in [-0.2, -0.15) is 18.3 Å². The van der Waals surface area contributed by atoms with Crippen LogP contribution in [0, 0.1) is 0 Å². The van der Waals surface area contributed by atoms with Crippen LogP contribution in [-0.2, 0) is 6.18 Å². The molecule has 2 aromatic heterocycles. The molecule has 0 radical (unpaired) electrons. The van der Waals surface area contributed by atoms with Crippen LogP contribution in [0.3, 0.4) is 0 Å². The first-order chi connectivity index (χ1) is 9.88. The quantitative estimate of drug-likeness (QED) is 0.811. The summed E-state index contributed by atoms with van der Waals surface area (Å²) in [6, 6.07) is 3.58. The van der Waals surface area contributed by atoms with Gasteiger partial charge in [-0.25, -0.2) is 9.67 Å². The predicted octanol–water partition coefficient (Wildman–Crippen LogP) is 2.43. The molecule has 3 rings (SSSR count). The maximum absolute atomic E-state index is 12.5. The van der Waals surface area contributed by atoms with Crippen molar-refractivity contribution in [1.29, 1.82) is 0 Å². The summed E-state index contributed by atoms with van der Waals surface area (Å²) >= 11 is 0. The molecule has 0 saturated heterocycles. The summed E-state index contributed by atoms with van der Waals surface area (Å²) in [6.07, 6.45) is -2.29. The number of fused-ring (bicyclic) bond motifs is 1. The molecule has 0 aliphatic carbocycles. The summed E-state index contributed by atoms with van der Waals surface area (Å²) in [7, 11) is 0. The predicted molar refractivity (Wildman–Crippen MR) is 68.5 cm³/mol. The normalized spacial score (nSPS) is 15.3. The highest BCUT2D eigenvalue weighted by molar-refractivity contribution is 6.07. The SMILES string of the molecule is C=C1CN(c2ccc(C(F)(F)F)cn2)C(=O)c2ccnn21. The Labute approximate surface area is 117 Å². The standard InChI is InChI=1S/C13H9F3N4O/c1-8-7-19(12(21)10-4-5-18-20(8)10)11-3-2-9(6-17-11)13(14,15)16/h2-6H,1,7H2. The summed E-state index contributed by atoms with van der Waals surface area (Å²) in [5.41, 5.74) is -0.0242. The number of pyridine rings is 1. The van der Waals surface area contributed by atoms with Gasteiger partial charge in [-0.05, 0) is 18.2 Å². The summed E-state index contributed by atoms with van der Waals surface area (Å²) in [4.78, 5) is 17.3. The third kappa shape index (κ3) is 2.18. The zero-order chi connectivity index (χ0) is 15.2. The van der Waals surface area contributed by atoms with E-state index in [-0.39, 0.29) is 18.3 Å². The molecular weight excluding hydrogens is 285 g/mol. The minimum Gasteiger partial charge on any atom is -0.285 e. The molecule has 5 nitrogen and oxygen atoms in total. The molecule has 1 aliphatic heterocycles. The first kappa shape index (κ1) is 13.3. The maximum atomic E-state index is 12.5. The third-order valence-electron chi connectivity index (χ3n) is 3.10. The van der Waals surface area contributed by atoms with Crippen molar-refractivity contribution in [2.45, 2.75) is 6.18 Å². The lowest BCUT2D eigenvalue weighted by Crippen LogP contribution is -2.40. The molecule has 0 unspecified atom stereocenters. The number of anilines is 1. The highest BCUT2D eigenvalue weighted by Gasteiger charge is 2.32. The average Bonchev–Trinajstić information content (AvgIpc) is 2.92. The molecule has 108 valence electrons. The Balaban J connectivity index is 1.95. The Morgan fingerprint density at radius 2 is 2.00 bits per heavy atom. The molecule has 0 fully saturated rings. The van der Waals surface area contributed by atoms with Crippen molar-refractivity contribution in [2.75, 3.05) is 11.4 Å². The molecular formula is C13H9F3N4O. The van der Waals surface area contributed by atoms with Gasteiger partial charge in [0.1, 0.15) is 11.5 Å². The zero-order valence-corrected chi connectivity index (χ0v) is 10.6. The van der Waals surface area contributed by atoms with Crippen molar-refractivity contribution >= 4 is 17.4 Å². The zero-order valence-electron chi connectivity index (χ0n) is 10.6. The van der Waals surface area contributed by atoms with Crippen LogP contribution in [0.4, 0.5) is 19.0 Å². The van der Waals surface area contributed by atoms with E-state index < -0.39 is 11.7 Å². The van der Waals surface area contributed by atoms with Gasteiger partial charge in [0.15, 0.2) is 0 Å². The Morgan fingerprint density at radius 3 is 2.62 bits per heavy atom. The number of nitrogens with zero attached hydrogens (tertiary/aromatic N) is 4. The fourth-order valence-corrected chi connectivity index (χ4v) is 2.08. The molecule has 0 aromatic carbocycles. The molecule has 1 amide bonds. The van der Waals surface area contributed by atoms with E-state index in [2.05, 4.69) is 16.7 Å². The number of halogens is 3. The summed E-state index contributed by atoms with van der Waals surface area (Å²) in [5, 5.41) is 3.96. The maximum Gasteiger partial charge on any atom is 0.417 e. The number of carbonyl (C=O) groups is 1. The van der Waals surface area contributed by atoms with Crippen LogP contribution in [0.5, 0.6) is 0 Å². The Morgan fingerprint density at radius 1 is 1.24 bits per heavy atom. The van der Waals surface area contributed by atoms with Crippen LogP contribution < -0.4 is 4.90 Å². The largest absolute Gasteiger partial charge is 0.417 e. The molecule has 0 spiro atoms. The van der Waals surface area contributed by atoms with E-state index in [9.17, 15) is 18.0 Å². The fraction of sp³-hybridized carbons (Fsp3) is 0.154. The molecule has 0 atom stereocenters. The highest BCUT2D eigenvalue weighted by Crippen LogP contribution is 2.30. The fourth-order valence-electron chi connectivity index (χ4n) is 2.08. The number of hydrogen-bond donors (Lipinski definition) is 0. The third-order valence-corrected chi connectivity index (χ3v) is 3.10. The molecule has 0 N–H and O–H groups in total. The second kappa shape index (κ2) is 4.44. The first-order valence-corrected chi connectivity index (χ1v) is 5.95. The molecule has 21 heavy (non-hydrogen) atoms. The van der Waals surface area contributed by atoms with Gasteiger partial charge in [0.05, 0.1) is 24.0 Å². The monoisotopic (exact) mass is 294 g/mol. The van der Waals surface area contributed by atoms with Crippen molar-refractivity contribution in [2.24, 2.45) is 0 Å². The number of amides is 1. The first-order valence-electron chi connectivity index (χ1n) is 5.95. The van der Waals surface area contributed by atoms with Gasteiger partial charge in [0, 0.05) is 6.20 Å². The van der Waals surface area contributed by atoms with E-state index in [4.69, 9.17) is 0 Å². The minimum absolute atomic E-state index is 0.117. The molecule has 0 saturated carbocycles. The van der Waals surface area contributed by atoms with Gasteiger partial charge in [0.25, 0.3) is 5.91 Å². The lowest BCUT2D eigenvalue weighted by atomic mass is 10.2. The number of alkyl halides is 3. The minimum atomic E-state index is -4.46. The van der Waals surface area contributed by atoms with E-state index in [1.165, 1.54) is 27.9 Å². The molecule has 1 aliphatic rings. The Kier molecular flexibility index (Phi) is 2.82. The Bertz CT molecular complexity index is 718. The van der Waals surface area contributed by atoms with Crippen molar-refractivity contribution in [3.63, 3.8) is 0 Å². The van der Waals surface area contributed by atoms with Gasteiger partial charge in [-0.3, -0.25) is 9.69 Å². The lowest BCUT2D eigenvalue weighted by molar-refractivity contribution is -0.137. The summed E-state index contributed by atoms with van der Waals surface area (Å²) in [6.45, 7) is 3.91. The number of aromatic nitrogens is 3. The average molecular weight is 294 g/mol. The van der Waals surface area contributed by atoms with Crippen molar-refractivity contribution in [1.82, 2.24) is 14.8 Å². The smallest absolute Gasteiger partial charge is 0.285 e. The van der Waals surface area contributed by atoms with Crippen LogP contribution in [-0.4, -0.2) is 27.2 Å². The molecule has 2 aromatic rings. The van der Waals surface area contributed by atoms with Crippen LogP contribution in [0.25, 0.3) is 5.70 Å². The second-order valence-corrected chi connectivity index (χ2v) is 4.49. The van der Waals surface area contributed by atoms with Gasteiger partial charge < -0.3 is 0 Å². The van der Waals surface area contributed by atoms with E-state index in [1.807, 2.05) is 0 Å². The Hall–Kier alpha value is -2.64. The number of carbonyl (C=O) groups excluding carboxylic acids is 1. The van der Waals surface area contributed by atoms with Crippen LogP contribution >= 0.6 is 0 Å². The van der Waals surface area contributed by atoms with Gasteiger partial charge in [-0.1, -0.05) is 6.58 Å².